The second kappa shape index (κ2) is 6.19. The monoisotopic (exact) mass is 270 g/mol. The number of rotatable bonds is 5. The van der Waals surface area contributed by atoms with Crippen LogP contribution in [-0.2, 0) is 7.05 Å². The minimum atomic E-state index is -0.0375. The van der Waals surface area contributed by atoms with E-state index in [0.717, 1.165) is 17.0 Å². The van der Waals surface area contributed by atoms with Crippen LogP contribution < -0.4 is 4.74 Å². The first kappa shape index (κ1) is 14.1. The standard InChI is InChI=1S/C16H18N2O2/c1-4-20-14-8-5-13(6-9-14)7-10-16(19)15-11-18(3)17-12(15)2/h5-11H,4H2,1-3H3/b10-7+. The van der Waals surface area contributed by atoms with Gasteiger partial charge in [0.25, 0.3) is 0 Å². The highest BCUT2D eigenvalue weighted by Crippen LogP contribution is 2.14. The van der Waals surface area contributed by atoms with E-state index in [0.29, 0.717) is 12.2 Å². The Balaban J connectivity index is 2.09. The molecule has 1 aromatic carbocycles. The Kier molecular flexibility index (Phi) is 4.35. The Bertz CT molecular complexity index is 624. The Morgan fingerprint density at radius 2 is 2.05 bits per heavy atom. The normalized spacial score (nSPS) is 10.9. The van der Waals surface area contributed by atoms with Crippen LogP contribution in [0.25, 0.3) is 6.08 Å². The summed E-state index contributed by atoms with van der Waals surface area (Å²) >= 11 is 0. The van der Waals surface area contributed by atoms with Crippen LogP contribution in [0.15, 0.2) is 36.5 Å². The largest absolute Gasteiger partial charge is 0.494 e. The maximum atomic E-state index is 12.1. The lowest BCUT2D eigenvalue weighted by atomic mass is 10.1. The van der Waals surface area contributed by atoms with Crippen molar-refractivity contribution in [1.82, 2.24) is 9.78 Å². The number of ether oxygens (including phenoxy) is 1. The van der Waals surface area contributed by atoms with Gasteiger partial charge in [0.1, 0.15) is 5.75 Å². The van der Waals surface area contributed by atoms with Gasteiger partial charge in [0.2, 0.25) is 0 Å². The van der Waals surface area contributed by atoms with E-state index in [1.165, 1.54) is 0 Å². The summed E-state index contributed by atoms with van der Waals surface area (Å²) in [5.41, 5.74) is 2.34. The number of aromatic nitrogens is 2. The van der Waals surface area contributed by atoms with Crippen molar-refractivity contribution in [3.05, 3.63) is 53.4 Å². The van der Waals surface area contributed by atoms with Crippen molar-refractivity contribution in [1.29, 1.82) is 0 Å². The fourth-order valence-electron chi connectivity index (χ4n) is 1.95. The van der Waals surface area contributed by atoms with Crippen LogP contribution in [0, 0.1) is 6.92 Å². The molecule has 0 unspecified atom stereocenters. The van der Waals surface area contributed by atoms with E-state index in [9.17, 15) is 4.79 Å². The Morgan fingerprint density at radius 3 is 2.60 bits per heavy atom. The number of allylic oxidation sites excluding steroid dienone is 1. The lowest BCUT2D eigenvalue weighted by Crippen LogP contribution is -1.94. The van der Waals surface area contributed by atoms with Crippen LogP contribution in [0.2, 0.25) is 0 Å². The third-order valence-electron chi connectivity index (χ3n) is 2.90. The van der Waals surface area contributed by atoms with Gasteiger partial charge in [0.15, 0.2) is 5.78 Å². The van der Waals surface area contributed by atoms with Gasteiger partial charge in [-0.3, -0.25) is 9.48 Å². The van der Waals surface area contributed by atoms with Crippen LogP contribution in [-0.4, -0.2) is 22.2 Å². The Labute approximate surface area is 118 Å². The van der Waals surface area contributed by atoms with Gasteiger partial charge in [-0.05, 0) is 37.6 Å². The third kappa shape index (κ3) is 3.35. The highest BCUT2D eigenvalue weighted by molar-refractivity contribution is 6.07. The molecule has 0 radical (unpaired) electrons. The van der Waals surface area contributed by atoms with Crippen molar-refractivity contribution in [2.24, 2.45) is 7.05 Å². The van der Waals surface area contributed by atoms with Crippen LogP contribution in [0.1, 0.15) is 28.5 Å². The van der Waals surface area contributed by atoms with E-state index in [1.54, 1.807) is 30.1 Å². The Morgan fingerprint density at radius 1 is 1.35 bits per heavy atom. The fourth-order valence-corrected chi connectivity index (χ4v) is 1.95. The molecule has 0 aliphatic heterocycles. The number of ketones is 1. The summed E-state index contributed by atoms with van der Waals surface area (Å²) in [4.78, 5) is 12.1. The molecule has 0 atom stereocenters. The van der Waals surface area contributed by atoms with Gasteiger partial charge >= 0.3 is 0 Å². The molecule has 1 heterocycles. The van der Waals surface area contributed by atoms with Gasteiger partial charge in [0, 0.05) is 13.2 Å². The quantitative estimate of drug-likeness (QED) is 0.619. The molecule has 20 heavy (non-hydrogen) atoms. The maximum Gasteiger partial charge on any atom is 0.189 e. The molecule has 104 valence electrons. The van der Waals surface area contributed by atoms with E-state index < -0.39 is 0 Å². The van der Waals surface area contributed by atoms with E-state index in [4.69, 9.17) is 4.74 Å². The molecule has 0 fully saturated rings. The molecule has 0 N–H and O–H groups in total. The molecular weight excluding hydrogens is 252 g/mol. The summed E-state index contributed by atoms with van der Waals surface area (Å²) in [5, 5.41) is 4.16. The number of benzene rings is 1. The molecule has 1 aromatic heterocycles. The molecule has 0 aliphatic carbocycles. The zero-order valence-corrected chi connectivity index (χ0v) is 12.0. The highest BCUT2D eigenvalue weighted by atomic mass is 16.5. The summed E-state index contributed by atoms with van der Waals surface area (Å²) in [6.07, 6.45) is 5.10. The van der Waals surface area contributed by atoms with Crippen LogP contribution >= 0.6 is 0 Å². The molecule has 4 heteroatoms. The lowest BCUT2D eigenvalue weighted by Gasteiger charge is -2.02. The molecule has 0 saturated heterocycles. The van der Waals surface area contributed by atoms with Gasteiger partial charge in [-0.15, -0.1) is 0 Å². The smallest absolute Gasteiger partial charge is 0.189 e. The average molecular weight is 270 g/mol. The van der Waals surface area contributed by atoms with Gasteiger partial charge in [0.05, 0.1) is 17.9 Å². The molecule has 0 aliphatic rings. The molecule has 2 rings (SSSR count). The first-order valence-electron chi connectivity index (χ1n) is 6.55. The summed E-state index contributed by atoms with van der Waals surface area (Å²) < 4.78 is 7.02. The summed E-state index contributed by atoms with van der Waals surface area (Å²) in [6.45, 7) is 4.43. The van der Waals surface area contributed by atoms with E-state index in [1.807, 2.05) is 38.1 Å². The number of nitrogens with zero attached hydrogens (tertiary/aromatic N) is 2. The number of carbonyl (C=O) groups is 1. The van der Waals surface area contributed by atoms with Crippen molar-refractivity contribution < 1.29 is 9.53 Å². The maximum absolute atomic E-state index is 12.1. The lowest BCUT2D eigenvalue weighted by molar-refractivity contribution is 0.104. The number of hydrogen-bond acceptors (Lipinski definition) is 3. The topological polar surface area (TPSA) is 44.1 Å². The van der Waals surface area contributed by atoms with Gasteiger partial charge in [-0.1, -0.05) is 18.2 Å². The van der Waals surface area contributed by atoms with Crippen molar-refractivity contribution >= 4 is 11.9 Å². The minimum Gasteiger partial charge on any atom is -0.494 e. The van der Waals surface area contributed by atoms with Gasteiger partial charge in [-0.2, -0.15) is 5.10 Å². The molecular formula is C16H18N2O2. The van der Waals surface area contributed by atoms with Crippen molar-refractivity contribution in [2.75, 3.05) is 6.61 Å². The van der Waals surface area contributed by atoms with Gasteiger partial charge in [-0.25, -0.2) is 0 Å². The molecule has 0 spiro atoms. The number of carbonyl (C=O) groups excluding carboxylic acids is 1. The van der Waals surface area contributed by atoms with Crippen LogP contribution in [0.4, 0.5) is 0 Å². The molecule has 0 amide bonds. The predicted octanol–water partition coefficient (Wildman–Crippen LogP) is 3.02. The second-order valence-corrected chi connectivity index (χ2v) is 4.50. The molecule has 2 aromatic rings. The van der Waals surface area contributed by atoms with Crippen molar-refractivity contribution in [2.45, 2.75) is 13.8 Å². The first-order valence-corrected chi connectivity index (χ1v) is 6.55. The van der Waals surface area contributed by atoms with E-state index in [2.05, 4.69) is 5.10 Å². The number of hydrogen-bond donors (Lipinski definition) is 0. The SMILES string of the molecule is CCOc1ccc(/C=C/C(=O)c2cn(C)nc2C)cc1. The molecule has 0 bridgehead atoms. The predicted molar refractivity (Wildman–Crippen MR) is 78.9 cm³/mol. The summed E-state index contributed by atoms with van der Waals surface area (Å²) in [6, 6.07) is 7.63. The fraction of sp³-hybridized carbons (Fsp3) is 0.250. The zero-order chi connectivity index (χ0) is 14.5. The number of aryl methyl sites for hydroxylation is 2. The molecule has 0 saturated carbocycles. The van der Waals surface area contributed by atoms with E-state index in [-0.39, 0.29) is 5.78 Å². The highest BCUT2D eigenvalue weighted by Gasteiger charge is 2.09. The summed E-state index contributed by atoms with van der Waals surface area (Å²) in [5.74, 6) is 0.795. The zero-order valence-electron chi connectivity index (χ0n) is 12.0. The minimum absolute atomic E-state index is 0.0375. The van der Waals surface area contributed by atoms with E-state index >= 15 is 0 Å². The van der Waals surface area contributed by atoms with Crippen LogP contribution in [0.5, 0.6) is 5.75 Å². The summed E-state index contributed by atoms with van der Waals surface area (Å²) in [7, 11) is 1.81. The molecule has 4 nitrogen and oxygen atoms in total. The second-order valence-electron chi connectivity index (χ2n) is 4.50. The average Bonchev–Trinajstić information content (AvgIpc) is 2.77. The third-order valence-corrected chi connectivity index (χ3v) is 2.90. The van der Waals surface area contributed by atoms with Crippen molar-refractivity contribution in [3.8, 4) is 5.75 Å². The first-order chi connectivity index (χ1) is 9.60. The van der Waals surface area contributed by atoms with Crippen molar-refractivity contribution in [3.63, 3.8) is 0 Å². The Hall–Kier alpha value is -2.36. The van der Waals surface area contributed by atoms with Crippen LogP contribution in [0.3, 0.4) is 0 Å². The van der Waals surface area contributed by atoms with Gasteiger partial charge < -0.3 is 4.74 Å².